The molecule has 0 aromatic rings. The molecule has 1 radical (unpaired) electrons. The zero-order valence-corrected chi connectivity index (χ0v) is 5.30. The Hall–Kier alpha value is -0.220. The van der Waals surface area contributed by atoms with Gasteiger partial charge in [-0.25, -0.2) is 0 Å². The van der Waals surface area contributed by atoms with E-state index < -0.39 is 0 Å². The number of hydrogen-bond acceptors (Lipinski definition) is 3. The smallest absolute Gasteiger partial charge is 0.303 e. The zero-order valence-electron chi connectivity index (χ0n) is 3.30. The third-order valence-corrected chi connectivity index (χ3v) is 0.0913. The van der Waals surface area contributed by atoms with Crippen molar-refractivity contribution in [2.45, 2.75) is 0 Å². The van der Waals surface area contributed by atoms with E-state index in [-0.39, 0.29) is 29.6 Å². The molecule has 0 amide bonds. The van der Waals surface area contributed by atoms with Crippen LogP contribution in [0.1, 0.15) is 0 Å². The largest absolute Gasteiger partial charge is 0.308 e. The standard InChI is InChI=1S/C2N2O.Na/c3-1-5-2-4;. The predicted molar refractivity (Wildman–Crippen MR) is 18.1 cm³/mol. The zero-order chi connectivity index (χ0) is 4.12. The Morgan fingerprint density at radius 2 is 1.50 bits per heavy atom. The van der Waals surface area contributed by atoms with Crippen LogP contribution >= 0.6 is 0 Å². The van der Waals surface area contributed by atoms with E-state index in [1.807, 2.05) is 0 Å². The summed E-state index contributed by atoms with van der Waals surface area (Å²) in [6.07, 6.45) is 2.31. The van der Waals surface area contributed by atoms with Gasteiger partial charge in [0.1, 0.15) is 0 Å². The van der Waals surface area contributed by atoms with Crippen molar-refractivity contribution in [1.29, 1.82) is 10.5 Å². The summed E-state index contributed by atoms with van der Waals surface area (Å²) >= 11 is 0. The van der Waals surface area contributed by atoms with E-state index in [0.29, 0.717) is 0 Å². The Morgan fingerprint density at radius 1 is 1.17 bits per heavy atom. The van der Waals surface area contributed by atoms with Gasteiger partial charge in [-0.05, 0) is 0 Å². The fourth-order valence-corrected chi connectivity index (χ4v) is 0.0204. The molecule has 0 aliphatic rings. The van der Waals surface area contributed by atoms with Crippen LogP contribution in [0.3, 0.4) is 0 Å². The average molecular weight is 91.0 g/mol. The second kappa shape index (κ2) is 8.84. The van der Waals surface area contributed by atoms with Gasteiger partial charge in [0.15, 0.2) is 0 Å². The molecule has 0 unspecified atom stereocenters. The fourth-order valence-electron chi connectivity index (χ4n) is 0.0204. The third-order valence-electron chi connectivity index (χ3n) is 0.0913. The molecule has 0 N–H and O–H groups in total. The Balaban J connectivity index is 0. The molecule has 0 saturated carbocycles. The molecule has 4 heteroatoms. The van der Waals surface area contributed by atoms with Crippen LogP contribution in [0.25, 0.3) is 0 Å². The molecule has 0 aliphatic heterocycles. The van der Waals surface area contributed by atoms with Crippen LogP contribution in [-0.4, -0.2) is 29.6 Å². The summed E-state index contributed by atoms with van der Waals surface area (Å²) in [5.74, 6) is 0. The van der Waals surface area contributed by atoms with Gasteiger partial charge in [0.2, 0.25) is 0 Å². The molecular formula is C2N2NaO. The monoisotopic (exact) mass is 91.0 g/mol. The fraction of sp³-hybridized carbons (Fsp3) is 0. The molecule has 0 heterocycles. The Bertz CT molecular complexity index is 76.7. The van der Waals surface area contributed by atoms with Gasteiger partial charge in [0.05, 0.1) is 0 Å². The Morgan fingerprint density at radius 3 is 1.50 bits per heavy atom. The number of ether oxygens (including phenoxy) is 1. The van der Waals surface area contributed by atoms with Crippen molar-refractivity contribution in [3.63, 3.8) is 0 Å². The van der Waals surface area contributed by atoms with E-state index >= 15 is 0 Å². The van der Waals surface area contributed by atoms with Gasteiger partial charge < -0.3 is 4.74 Å². The molecule has 0 saturated heterocycles. The first-order valence-electron chi connectivity index (χ1n) is 0.855. The molecular weight excluding hydrogens is 91.0 g/mol. The summed E-state index contributed by atoms with van der Waals surface area (Å²) in [5, 5.41) is 14.7. The van der Waals surface area contributed by atoms with Crippen LogP contribution in [0.15, 0.2) is 0 Å². The van der Waals surface area contributed by atoms with E-state index in [2.05, 4.69) is 4.74 Å². The quantitative estimate of drug-likeness (QED) is 0.300. The summed E-state index contributed by atoms with van der Waals surface area (Å²) in [6.45, 7) is 0. The average Bonchev–Trinajstić information content (AvgIpc) is 1.41. The maximum Gasteiger partial charge on any atom is 0.303 e. The van der Waals surface area contributed by atoms with Gasteiger partial charge >= 0.3 is 12.5 Å². The maximum atomic E-state index is 7.37. The van der Waals surface area contributed by atoms with Gasteiger partial charge in [-0.1, -0.05) is 0 Å². The van der Waals surface area contributed by atoms with Crippen molar-refractivity contribution >= 4 is 29.6 Å². The van der Waals surface area contributed by atoms with E-state index in [9.17, 15) is 0 Å². The molecule has 3 nitrogen and oxygen atoms in total. The third kappa shape index (κ3) is 9.22. The minimum atomic E-state index is 0. The van der Waals surface area contributed by atoms with Crippen molar-refractivity contribution in [1.82, 2.24) is 0 Å². The first-order chi connectivity index (χ1) is 2.41. The molecule has 0 aromatic carbocycles. The molecule has 0 spiro atoms. The summed E-state index contributed by atoms with van der Waals surface area (Å²) in [4.78, 5) is 0. The SMILES string of the molecule is N#COC#N.[Na]. The summed E-state index contributed by atoms with van der Waals surface area (Å²) in [5.41, 5.74) is 0. The molecule has 0 aliphatic carbocycles. The minimum absolute atomic E-state index is 0. The van der Waals surface area contributed by atoms with E-state index in [0.717, 1.165) is 12.5 Å². The van der Waals surface area contributed by atoms with Gasteiger partial charge in [-0.15, -0.1) is 10.5 Å². The van der Waals surface area contributed by atoms with Crippen LogP contribution in [0.2, 0.25) is 0 Å². The van der Waals surface area contributed by atoms with Crippen LogP contribution in [0.4, 0.5) is 0 Å². The molecule has 6 heavy (non-hydrogen) atoms. The van der Waals surface area contributed by atoms with Gasteiger partial charge in [0, 0.05) is 29.6 Å². The first kappa shape index (κ1) is 9.24. The van der Waals surface area contributed by atoms with Crippen LogP contribution in [0, 0.1) is 23.0 Å². The molecule has 0 bridgehead atoms. The Kier molecular flexibility index (Phi) is 13.6. The maximum absolute atomic E-state index is 7.37. The van der Waals surface area contributed by atoms with E-state index in [1.165, 1.54) is 0 Å². The van der Waals surface area contributed by atoms with Crippen molar-refractivity contribution in [3.8, 4) is 12.5 Å². The normalized spacial score (nSPS) is 3.00. The molecule has 25 valence electrons. The van der Waals surface area contributed by atoms with E-state index in [4.69, 9.17) is 10.5 Å². The second-order valence-corrected chi connectivity index (χ2v) is 0.285. The summed E-state index contributed by atoms with van der Waals surface area (Å²) < 4.78 is 3.44. The van der Waals surface area contributed by atoms with Gasteiger partial charge in [-0.2, -0.15) is 0 Å². The van der Waals surface area contributed by atoms with Gasteiger partial charge in [0.25, 0.3) is 0 Å². The predicted octanol–water partition coefficient (Wildman–Crippen LogP) is -0.416. The summed E-state index contributed by atoms with van der Waals surface area (Å²) in [6, 6.07) is 0. The molecule has 0 atom stereocenters. The molecule has 0 aromatic heterocycles. The minimum Gasteiger partial charge on any atom is -0.308 e. The van der Waals surface area contributed by atoms with Gasteiger partial charge in [-0.3, -0.25) is 0 Å². The second-order valence-electron chi connectivity index (χ2n) is 0.285. The van der Waals surface area contributed by atoms with Crippen LogP contribution in [-0.2, 0) is 4.74 Å². The topological polar surface area (TPSA) is 56.8 Å². The molecule has 0 rings (SSSR count). The van der Waals surface area contributed by atoms with Crippen LogP contribution in [0.5, 0.6) is 0 Å². The van der Waals surface area contributed by atoms with Crippen molar-refractivity contribution in [3.05, 3.63) is 0 Å². The van der Waals surface area contributed by atoms with E-state index in [1.54, 1.807) is 0 Å². The van der Waals surface area contributed by atoms with Crippen molar-refractivity contribution < 1.29 is 4.74 Å². The number of nitriles is 2. The van der Waals surface area contributed by atoms with Crippen LogP contribution < -0.4 is 0 Å². The molecule has 0 fully saturated rings. The Labute approximate surface area is 57.4 Å². The number of rotatable bonds is 0. The van der Waals surface area contributed by atoms with Crippen molar-refractivity contribution in [2.75, 3.05) is 0 Å². The number of nitrogens with zero attached hydrogens (tertiary/aromatic N) is 2. The van der Waals surface area contributed by atoms with Crippen molar-refractivity contribution in [2.24, 2.45) is 0 Å². The summed E-state index contributed by atoms with van der Waals surface area (Å²) in [7, 11) is 0. The first-order valence-corrected chi connectivity index (χ1v) is 0.855. The number of hydrogen-bond donors (Lipinski definition) is 0.